The molecule has 0 fully saturated rings. The molecule has 0 amide bonds. The molecule has 2 rings (SSSR count). The molecule has 2 aromatic heterocycles. The summed E-state index contributed by atoms with van der Waals surface area (Å²) in [5.41, 5.74) is 0.0263. The van der Waals surface area contributed by atoms with Crippen LogP contribution >= 0.6 is 10.5 Å². The van der Waals surface area contributed by atoms with Gasteiger partial charge in [-0.25, -0.2) is 4.79 Å². The van der Waals surface area contributed by atoms with Gasteiger partial charge in [-0.15, -0.1) is 0 Å². The first kappa shape index (κ1) is 9.07. The second kappa shape index (κ2) is 3.02. The van der Waals surface area contributed by atoms with Crippen molar-refractivity contribution in [3.8, 4) is 0 Å². The lowest BCUT2D eigenvalue weighted by atomic mass is 10.6. The van der Waals surface area contributed by atoms with Crippen LogP contribution in [0, 0.1) is 4.77 Å². The van der Waals surface area contributed by atoms with Crippen LogP contribution in [-0.2, 0) is 0 Å². The van der Waals surface area contributed by atoms with Gasteiger partial charge in [0.1, 0.15) is 15.9 Å². The minimum Gasteiger partial charge on any atom is -0.321 e. The van der Waals surface area contributed by atoms with Crippen molar-refractivity contribution in [3.63, 3.8) is 0 Å². The van der Waals surface area contributed by atoms with Crippen LogP contribution in [0.4, 0.5) is 0 Å². The lowest BCUT2D eigenvalue weighted by Crippen LogP contribution is -2.09. The number of imidazole rings is 1. The predicted octanol–water partition coefficient (Wildman–Crippen LogP) is -0.0669. The van der Waals surface area contributed by atoms with Crippen molar-refractivity contribution < 1.29 is 0 Å². The molecule has 0 aliphatic heterocycles. The maximum atomic E-state index is 11.5. The van der Waals surface area contributed by atoms with Crippen molar-refractivity contribution >= 4 is 21.6 Å². The Kier molecular flexibility index (Phi) is 1.95. The highest BCUT2D eigenvalue weighted by Crippen LogP contribution is 2.03. The SMILES string of the molecule is CS(C)=c1[nH]c(=O)c2[nH]c(=O)[nH]c2[nH]1. The second-order valence-electron chi connectivity index (χ2n) is 3.05. The lowest BCUT2D eigenvalue weighted by molar-refractivity contribution is 1.12. The smallest absolute Gasteiger partial charge is 0.321 e. The average Bonchev–Trinajstić information content (AvgIpc) is 2.45. The highest BCUT2D eigenvalue weighted by molar-refractivity contribution is 8.08. The highest BCUT2D eigenvalue weighted by Gasteiger charge is 2.02. The molecular formula is C7H10N4O2S. The summed E-state index contributed by atoms with van der Waals surface area (Å²) in [6, 6.07) is 0. The molecule has 0 saturated heterocycles. The topological polar surface area (TPSA) is 97.3 Å². The predicted molar refractivity (Wildman–Crippen MR) is 56.6 cm³/mol. The third kappa shape index (κ3) is 1.35. The Bertz CT molecular complexity index is 652. The van der Waals surface area contributed by atoms with E-state index in [0.29, 0.717) is 5.65 Å². The first-order valence-electron chi connectivity index (χ1n) is 3.93. The molecule has 0 aromatic carbocycles. The first-order chi connectivity index (χ1) is 6.58. The van der Waals surface area contributed by atoms with E-state index in [1.54, 1.807) is 0 Å². The third-order valence-corrected chi connectivity index (χ3v) is 2.85. The quantitative estimate of drug-likeness (QED) is 0.462. The molecule has 76 valence electrons. The van der Waals surface area contributed by atoms with Crippen LogP contribution in [0.3, 0.4) is 0 Å². The molecule has 0 aliphatic rings. The average molecular weight is 214 g/mol. The largest absolute Gasteiger partial charge is 0.325 e. The van der Waals surface area contributed by atoms with Gasteiger partial charge in [0, 0.05) is 0 Å². The Morgan fingerprint density at radius 2 is 1.71 bits per heavy atom. The molecule has 7 heteroatoms. The number of H-pyrrole nitrogens is 4. The van der Waals surface area contributed by atoms with E-state index in [-0.39, 0.29) is 27.2 Å². The summed E-state index contributed by atoms with van der Waals surface area (Å²) in [5.74, 6) is 0. The third-order valence-electron chi connectivity index (χ3n) is 1.83. The normalized spacial score (nSPS) is 11.4. The van der Waals surface area contributed by atoms with Gasteiger partial charge >= 0.3 is 5.69 Å². The number of hydrogen-bond donors (Lipinski definition) is 4. The van der Waals surface area contributed by atoms with Crippen molar-refractivity contribution in [2.24, 2.45) is 0 Å². The van der Waals surface area contributed by atoms with Gasteiger partial charge in [0.15, 0.2) is 0 Å². The summed E-state index contributed by atoms with van der Waals surface area (Å²) in [6.45, 7) is 0. The molecule has 2 heterocycles. The molecule has 2 aromatic rings. The van der Waals surface area contributed by atoms with Crippen LogP contribution in [0.15, 0.2) is 9.59 Å². The van der Waals surface area contributed by atoms with Gasteiger partial charge in [0.25, 0.3) is 5.56 Å². The van der Waals surface area contributed by atoms with Crippen molar-refractivity contribution in [2.75, 3.05) is 12.5 Å². The van der Waals surface area contributed by atoms with Crippen LogP contribution in [-0.4, -0.2) is 32.4 Å². The molecule has 0 radical (unpaired) electrons. The maximum absolute atomic E-state index is 11.5. The van der Waals surface area contributed by atoms with Crippen LogP contribution in [0.1, 0.15) is 0 Å². The van der Waals surface area contributed by atoms with E-state index in [9.17, 15) is 9.59 Å². The van der Waals surface area contributed by atoms with Crippen molar-refractivity contribution in [1.29, 1.82) is 0 Å². The van der Waals surface area contributed by atoms with E-state index in [0.717, 1.165) is 4.77 Å². The van der Waals surface area contributed by atoms with E-state index < -0.39 is 0 Å². The van der Waals surface area contributed by atoms with E-state index in [4.69, 9.17) is 0 Å². The van der Waals surface area contributed by atoms with E-state index in [1.807, 2.05) is 12.5 Å². The number of aromatic amines is 4. The van der Waals surface area contributed by atoms with Crippen molar-refractivity contribution in [3.05, 3.63) is 25.6 Å². The zero-order chi connectivity index (χ0) is 10.3. The van der Waals surface area contributed by atoms with Crippen LogP contribution in [0.2, 0.25) is 0 Å². The fraction of sp³-hybridized carbons (Fsp3) is 0.286. The lowest BCUT2D eigenvalue weighted by Gasteiger charge is -1.94. The standard InChI is InChI=1S/C7H10N4O2S/c1-14(2)7-10-4-3(5(12)11-7)8-6(13)9-4/h10H,1-2H3,(H,11,12)(H2,8,9,13). The van der Waals surface area contributed by atoms with Gasteiger partial charge in [0.2, 0.25) is 0 Å². The van der Waals surface area contributed by atoms with Crippen LogP contribution < -0.4 is 11.2 Å². The Balaban J connectivity index is 3.07. The van der Waals surface area contributed by atoms with Gasteiger partial charge in [-0.2, -0.15) is 10.5 Å². The minimum absolute atomic E-state index is 0.0830. The summed E-state index contributed by atoms with van der Waals surface area (Å²) in [5, 5.41) is 0. The fourth-order valence-electron chi connectivity index (χ4n) is 1.16. The summed E-state index contributed by atoms with van der Waals surface area (Å²) < 4.78 is 0.720. The number of nitrogens with one attached hydrogen (secondary N) is 4. The molecule has 0 aliphatic carbocycles. The van der Waals surface area contributed by atoms with Crippen LogP contribution in [0.25, 0.3) is 11.2 Å². The van der Waals surface area contributed by atoms with Crippen molar-refractivity contribution in [1.82, 2.24) is 19.9 Å². The Morgan fingerprint density at radius 3 is 2.36 bits per heavy atom. The molecule has 14 heavy (non-hydrogen) atoms. The number of aromatic nitrogens is 4. The second-order valence-corrected chi connectivity index (χ2v) is 5.10. The zero-order valence-corrected chi connectivity index (χ0v) is 8.54. The molecule has 0 spiro atoms. The highest BCUT2D eigenvalue weighted by atomic mass is 32.2. The summed E-state index contributed by atoms with van der Waals surface area (Å²) in [7, 11) is -0.0830. The number of fused-ring (bicyclic) bond motifs is 1. The van der Waals surface area contributed by atoms with Gasteiger partial charge in [0.05, 0.1) is 0 Å². The van der Waals surface area contributed by atoms with Gasteiger partial charge < -0.3 is 9.97 Å². The first-order valence-corrected chi connectivity index (χ1v) is 5.97. The van der Waals surface area contributed by atoms with E-state index in [2.05, 4.69) is 19.9 Å². The molecule has 0 bridgehead atoms. The Morgan fingerprint density at radius 1 is 1.00 bits per heavy atom. The van der Waals surface area contributed by atoms with E-state index in [1.165, 1.54) is 0 Å². The van der Waals surface area contributed by atoms with Gasteiger partial charge in [-0.3, -0.25) is 14.8 Å². The number of hydrogen-bond acceptors (Lipinski definition) is 2. The summed E-state index contributed by atoms with van der Waals surface area (Å²) in [6.07, 6.45) is 3.94. The summed E-state index contributed by atoms with van der Waals surface area (Å²) in [4.78, 5) is 33.0. The molecule has 0 unspecified atom stereocenters. The van der Waals surface area contributed by atoms with Crippen LogP contribution in [0.5, 0.6) is 0 Å². The monoisotopic (exact) mass is 214 g/mol. The molecule has 4 N–H and O–H groups in total. The Hall–Kier alpha value is -1.50. The van der Waals surface area contributed by atoms with Gasteiger partial charge in [-0.1, -0.05) is 0 Å². The minimum atomic E-state index is -0.383. The van der Waals surface area contributed by atoms with Crippen molar-refractivity contribution in [2.45, 2.75) is 0 Å². The zero-order valence-electron chi connectivity index (χ0n) is 7.72. The molecule has 0 saturated carbocycles. The van der Waals surface area contributed by atoms with Gasteiger partial charge in [-0.05, 0) is 12.5 Å². The molecule has 6 nitrogen and oxygen atoms in total. The fourth-order valence-corrected chi connectivity index (χ4v) is 1.76. The molecule has 0 atom stereocenters. The van der Waals surface area contributed by atoms with E-state index >= 15 is 0 Å². The molecular weight excluding hydrogens is 204 g/mol. The summed E-state index contributed by atoms with van der Waals surface area (Å²) >= 11 is 0. The maximum Gasteiger partial charge on any atom is 0.325 e. The number of rotatable bonds is 0. The Labute approximate surface area is 80.3 Å².